The van der Waals surface area contributed by atoms with Crippen LogP contribution in [0.5, 0.6) is 0 Å². The fourth-order valence-electron chi connectivity index (χ4n) is 1.74. The second-order valence-electron chi connectivity index (χ2n) is 6.28. The molecule has 1 aromatic rings. The molecule has 0 saturated carbocycles. The van der Waals surface area contributed by atoms with Gasteiger partial charge in [0.15, 0.2) is 5.89 Å². The van der Waals surface area contributed by atoms with Crippen LogP contribution in [0.25, 0.3) is 0 Å². The Labute approximate surface area is 131 Å². The Balaban J connectivity index is 2.55. The highest BCUT2D eigenvalue weighted by Gasteiger charge is 2.22. The summed E-state index contributed by atoms with van der Waals surface area (Å²) in [6.45, 7) is 9.58. The van der Waals surface area contributed by atoms with Crippen LogP contribution in [0.1, 0.15) is 42.9 Å². The summed E-state index contributed by atoms with van der Waals surface area (Å²) >= 11 is 0. The van der Waals surface area contributed by atoms with Crippen molar-refractivity contribution in [1.82, 2.24) is 14.8 Å². The molecule has 0 saturated heterocycles. The Hall–Kier alpha value is -2.05. The van der Waals surface area contributed by atoms with Crippen molar-refractivity contribution in [1.29, 1.82) is 0 Å². The van der Waals surface area contributed by atoms with Gasteiger partial charge in [0.05, 0.1) is 5.69 Å². The van der Waals surface area contributed by atoms with Gasteiger partial charge < -0.3 is 19.0 Å². The van der Waals surface area contributed by atoms with Gasteiger partial charge in [-0.25, -0.2) is 9.78 Å². The molecule has 22 heavy (non-hydrogen) atoms. The number of nitrogens with zero attached hydrogens (tertiary/aromatic N) is 3. The number of carbonyl (C=O) groups is 2. The number of aryl methyl sites for hydroxylation is 2. The van der Waals surface area contributed by atoms with Gasteiger partial charge >= 0.3 is 6.09 Å². The summed E-state index contributed by atoms with van der Waals surface area (Å²) in [6.07, 6.45) is -0.417. The first kappa shape index (κ1) is 18.0. The third-order valence-electron chi connectivity index (χ3n) is 2.92. The van der Waals surface area contributed by atoms with Gasteiger partial charge in [-0.3, -0.25) is 4.79 Å². The molecule has 7 nitrogen and oxygen atoms in total. The first-order chi connectivity index (χ1) is 10.0. The van der Waals surface area contributed by atoms with Crippen LogP contribution in [0.3, 0.4) is 0 Å². The first-order valence-corrected chi connectivity index (χ1v) is 7.15. The highest BCUT2D eigenvalue weighted by atomic mass is 16.6. The first-order valence-electron chi connectivity index (χ1n) is 7.15. The third kappa shape index (κ3) is 5.05. The Morgan fingerprint density at radius 1 is 1.14 bits per heavy atom. The SMILES string of the molecule is Cc1nc(C)c(C(=O)N(C)CCN(C)C(=O)OC(C)(C)C)o1. The van der Waals surface area contributed by atoms with E-state index in [2.05, 4.69) is 4.98 Å². The van der Waals surface area contributed by atoms with E-state index in [1.54, 1.807) is 27.9 Å². The van der Waals surface area contributed by atoms with Crippen LogP contribution < -0.4 is 0 Å². The van der Waals surface area contributed by atoms with Gasteiger partial charge in [-0.05, 0) is 27.7 Å². The highest BCUT2D eigenvalue weighted by Crippen LogP contribution is 2.12. The molecule has 0 unspecified atom stereocenters. The zero-order chi connectivity index (χ0) is 17.1. The molecule has 0 aromatic carbocycles. The van der Waals surface area contributed by atoms with E-state index in [1.165, 1.54) is 9.80 Å². The standard InChI is InChI=1S/C15H25N3O4/c1-10-12(21-11(2)16-10)13(19)17(6)8-9-18(7)14(20)22-15(3,4)5/h8-9H2,1-7H3. The predicted molar refractivity (Wildman–Crippen MR) is 81.8 cm³/mol. The molecule has 0 aliphatic carbocycles. The number of amides is 2. The summed E-state index contributed by atoms with van der Waals surface area (Å²) in [5.74, 6) is 0.440. The van der Waals surface area contributed by atoms with E-state index in [1.807, 2.05) is 20.8 Å². The summed E-state index contributed by atoms with van der Waals surface area (Å²) < 4.78 is 10.6. The molecule has 0 aliphatic rings. The molecule has 0 fully saturated rings. The molecule has 1 heterocycles. The fraction of sp³-hybridized carbons (Fsp3) is 0.667. The Morgan fingerprint density at radius 3 is 2.14 bits per heavy atom. The quantitative estimate of drug-likeness (QED) is 0.852. The summed E-state index contributed by atoms with van der Waals surface area (Å²) in [6, 6.07) is 0. The van der Waals surface area contributed by atoms with Gasteiger partial charge in [0, 0.05) is 34.1 Å². The van der Waals surface area contributed by atoms with Crippen molar-refractivity contribution in [3.8, 4) is 0 Å². The van der Waals surface area contributed by atoms with Crippen LogP contribution in [0, 0.1) is 13.8 Å². The van der Waals surface area contributed by atoms with Gasteiger partial charge in [0.2, 0.25) is 5.76 Å². The largest absolute Gasteiger partial charge is 0.444 e. The molecule has 124 valence electrons. The average molecular weight is 311 g/mol. The number of ether oxygens (including phenoxy) is 1. The molecule has 7 heteroatoms. The Kier molecular flexibility index (Phi) is 5.57. The maximum atomic E-state index is 12.2. The Morgan fingerprint density at radius 2 is 1.68 bits per heavy atom. The predicted octanol–water partition coefficient (Wildman–Crippen LogP) is 2.23. The van der Waals surface area contributed by atoms with E-state index in [-0.39, 0.29) is 11.7 Å². The van der Waals surface area contributed by atoms with Crippen LogP contribution in [0.15, 0.2) is 4.42 Å². The van der Waals surface area contributed by atoms with Gasteiger partial charge in [-0.2, -0.15) is 0 Å². The smallest absolute Gasteiger partial charge is 0.410 e. The molecule has 0 spiro atoms. The number of aromatic nitrogens is 1. The molecule has 1 rings (SSSR count). The molecular formula is C15H25N3O4. The minimum atomic E-state index is -0.540. The number of carbonyl (C=O) groups excluding carboxylic acids is 2. The molecule has 0 radical (unpaired) electrons. The van der Waals surface area contributed by atoms with Gasteiger partial charge in [0.25, 0.3) is 5.91 Å². The lowest BCUT2D eigenvalue weighted by molar-refractivity contribution is 0.0282. The average Bonchev–Trinajstić information content (AvgIpc) is 2.71. The second kappa shape index (κ2) is 6.81. The van der Waals surface area contributed by atoms with E-state index in [9.17, 15) is 9.59 Å². The van der Waals surface area contributed by atoms with Crippen LogP contribution in [0.4, 0.5) is 4.79 Å². The van der Waals surface area contributed by atoms with E-state index in [4.69, 9.17) is 9.15 Å². The van der Waals surface area contributed by atoms with Gasteiger partial charge in [-0.15, -0.1) is 0 Å². The van der Waals surface area contributed by atoms with Crippen LogP contribution in [0.2, 0.25) is 0 Å². The minimum absolute atomic E-state index is 0.236. The zero-order valence-corrected chi connectivity index (χ0v) is 14.4. The minimum Gasteiger partial charge on any atom is -0.444 e. The van der Waals surface area contributed by atoms with Crippen molar-refractivity contribution in [2.75, 3.05) is 27.2 Å². The second-order valence-corrected chi connectivity index (χ2v) is 6.28. The maximum Gasteiger partial charge on any atom is 0.410 e. The van der Waals surface area contributed by atoms with Crippen LogP contribution in [-0.2, 0) is 4.74 Å². The van der Waals surface area contributed by atoms with Crippen molar-refractivity contribution < 1.29 is 18.7 Å². The summed E-state index contributed by atoms with van der Waals surface area (Å²) in [4.78, 5) is 31.1. The normalized spacial score (nSPS) is 11.2. The highest BCUT2D eigenvalue weighted by molar-refractivity contribution is 5.92. The van der Waals surface area contributed by atoms with Gasteiger partial charge in [-0.1, -0.05) is 0 Å². The van der Waals surface area contributed by atoms with E-state index < -0.39 is 11.7 Å². The van der Waals surface area contributed by atoms with Crippen molar-refractivity contribution in [2.24, 2.45) is 0 Å². The molecule has 0 aliphatic heterocycles. The monoisotopic (exact) mass is 311 g/mol. The number of rotatable bonds is 4. The molecule has 1 aromatic heterocycles. The maximum absolute atomic E-state index is 12.2. The van der Waals surface area contributed by atoms with Crippen molar-refractivity contribution in [2.45, 2.75) is 40.2 Å². The molecule has 2 amide bonds. The van der Waals surface area contributed by atoms with Crippen LogP contribution >= 0.6 is 0 Å². The molecule has 0 atom stereocenters. The zero-order valence-electron chi connectivity index (χ0n) is 14.4. The number of hydrogen-bond donors (Lipinski definition) is 0. The van der Waals surface area contributed by atoms with Gasteiger partial charge in [0.1, 0.15) is 5.60 Å². The summed E-state index contributed by atoms with van der Waals surface area (Å²) in [5, 5.41) is 0. The lowest BCUT2D eigenvalue weighted by atomic mass is 10.2. The molecular weight excluding hydrogens is 286 g/mol. The lowest BCUT2D eigenvalue weighted by Crippen LogP contribution is -2.40. The fourth-order valence-corrected chi connectivity index (χ4v) is 1.74. The summed E-state index contributed by atoms with van der Waals surface area (Å²) in [5.41, 5.74) is 0.0245. The van der Waals surface area contributed by atoms with Crippen molar-refractivity contribution >= 4 is 12.0 Å². The lowest BCUT2D eigenvalue weighted by Gasteiger charge is -2.26. The van der Waals surface area contributed by atoms with Crippen molar-refractivity contribution in [3.05, 3.63) is 17.3 Å². The summed E-state index contributed by atoms with van der Waals surface area (Å²) in [7, 11) is 3.29. The van der Waals surface area contributed by atoms with E-state index in [0.717, 1.165) is 0 Å². The van der Waals surface area contributed by atoms with Crippen molar-refractivity contribution in [3.63, 3.8) is 0 Å². The number of hydrogen-bond acceptors (Lipinski definition) is 5. The number of likely N-dealkylation sites (N-methyl/N-ethyl adjacent to an activating group) is 2. The number of oxazole rings is 1. The third-order valence-corrected chi connectivity index (χ3v) is 2.92. The van der Waals surface area contributed by atoms with E-state index in [0.29, 0.717) is 24.7 Å². The Bertz CT molecular complexity index is 545. The molecule has 0 N–H and O–H groups in total. The molecule has 0 bridgehead atoms. The van der Waals surface area contributed by atoms with E-state index >= 15 is 0 Å². The van der Waals surface area contributed by atoms with Crippen LogP contribution in [-0.4, -0.2) is 59.6 Å². The topological polar surface area (TPSA) is 75.9 Å².